The van der Waals surface area contributed by atoms with Crippen molar-refractivity contribution in [2.75, 3.05) is 39.1 Å². The van der Waals surface area contributed by atoms with E-state index in [1.54, 1.807) is 27.7 Å². The number of ether oxygens (including phenoxy) is 1. The van der Waals surface area contributed by atoms with E-state index in [0.717, 1.165) is 16.8 Å². The molecule has 2 saturated heterocycles. The summed E-state index contributed by atoms with van der Waals surface area (Å²) in [6.07, 6.45) is 0.0954. The van der Waals surface area contributed by atoms with Crippen molar-refractivity contribution in [3.8, 4) is 0 Å². The Kier molecular flexibility index (Phi) is 14.1. The molecule has 1 N–H and O–H groups in total. The molecular weight excluding hydrogens is 690 g/mol. The molecule has 292 valence electrons. The first kappa shape index (κ1) is 41.7. The van der Waals surface area contributed by atoms with Crippen LogP contribution in [0.25, 0.3) is 0 Å². The highest BCUT2D eigenvalue weighted by molar-refractivity contribution is 5.98. The number of nitrogens with zero attached hydrogens (tertiary/aromatic N) is 4. The van der Waals surface area contributed by atoms with Gasteiger partial charge in [-0.2, -0.15) is 0 Å². The van der Waals surface area contributed by atoms with Crippen molar-refractivity contribution in [3.05, 3.63) is 65.7 Å². The minimum absolute atomic E-state index is 0.0646. The lowest BCUT2D eigenvalue weighted by atomic mass is 9.89. The van der Waals surface area contributed by atoms with Gasteiger partial charge in [-0.1, -0.05) is 49.4 Å². The minimum Gasteiger partial charge on any atom is -0.462 e. The zero-order valence-corrected chi connectivity index (χ0v) is 32.7. The van der Waals surface area contributed by atoms with E-state index in [1.165, 1.54) is 28.7 Å². The lowest BCUT2D eigenvalue weighted by molar-refractivity contribution is -0.155. The SMILES string of the molecule is CC(=O)C1CC(=O)C(C)CN1C(=O)[C@H](Cc1ccc(N(C)C)cc1)N(C)C(=O)[C@@H]1CCCN1C(=O)[C@@H](C)NC(=O)C[C@@H](C)OC(=O)[C@@H](C)c1ccccc1. The number of hydrogen-bond acceptors (Lipinski definition) is 9. The zero-order valence-electron chi connectivity index (χ0n) is 32.7. The van der Waals surface area contributed by atoms with Crippen LogP contribution in [0.2, 0.25) is 0 Å². The van der Waals surface area contributed by atoms with E-state index >= 15 is 0 Å². The summed E-state index contributed by atoms with van der Waals surface area (Å²) in [5, 5.41) is 2.69. The zero-order chi connectivity index (χ0) is 39.9. The number of ketones is 2. The molecule has 13 nitrogen and oxygen atoms in total. The average Bonchev–Trinajstić information content (AvgIpc) is 3.63. The summed E-state index contributed by atoms with van der Waals surface area (Å²) in [5.41, 5.74) is 2.55. The predicted octanol–water partition coefficient (Wildman–Crippen LogP) is 3.14. The van der Waals surface area contributed by atoms with E-state index in [-0.39, 0.29) is 43.9 Å². The molecule has 0 radical (unpaired) electrons. The third kappa shape index (κ3) is 10.1. The maximum Gasteiger partial charge on any atom is 0.313 e. The topological polar surface area (TPSA) is 154 Å². The van der Waals surface area contributed by atoms with Gasteiger partial charge in [0.1, 0.15) is 30.0 Å². The van der Waals surface area contributed by atoms with Gasteiger partial charge < -0.3 is 29.7 Å². The molecule has 2 aliphatic heterocycles. The van der Waals surface area contributed by atoms with E-state index in [4.69, 9.17) is 4.74 Å². The monoisotopic (exact) mass is 745 g/mol. The molecule has 2 aromatic rings. The Hall–Kier alpha value is -5.07. The highest BCUT2D eigenvalue weighted by atomic mass is 16.5. The number of nitrogens with one attached hydrogen (secondary N) is 1. The molecule has 4 amide bonds. The van der Waals surface area contributed by atoms with Crippen molar-refractivity contribution < 1.29 is 38.3 Å². The predicted molar refractivity (Wildman–Crippen MR) is 203 cm³/mol. The van der Waals surface area contributed by atoms with E-state index in [1.807, 2.05) is 73.6 Å². The van der Waals surface area contributed by atoms with Gasteiger partial charge in [0.25, 0.3) is 0 Å². The smallest absolute Gasteiger partial charge is 0.313 e. The average molecular weight is 746 g/mol. The normalized spacial score (nSPS) is 20.7. The van der Waals surface area contributed by atoms with Gasteiger partial charge in [0.05, 0.1) is 18.4 Å². The second kappa shape index (κ2) is 18.3. The lowest BCUT2D eigenvalue weighted by Crippen LogP contribution is -2.60. The van der Waals surface area contributed by atoms with Crippen LogP contribution >= 0.6 is 0 Å². The molecule has 2 heterocycles. The molecule has 0 spiro atoms. The number of amides is 4. The molecule has 13 heteroatoms. The molecule has 2 fully saturated rings. The van der Waals surface area contributed by atoms with E-state index < -0.39 is 71.7 Å². The number of carbonyl (C=O) groups excluding carboxylic acids is 7. The Morgan fingerprint density at radius 1 is 0.889 bits per heavy atom. The lowest BCUT2D eigenvalue weighted by Gasteiger charge is -2.41. The number of esters is 1. The molecule has 7 atom stereocenters. The molecule has 0 aliphatic carbocycles. The van der Waals surface area contributed by atoms with Gasteiger partial charge in [-0.3, -0.25) is 33.6 Å². The van der Waals surface area contributed by atoms with Crippen molar-refractivity contribution in [1.82, 2.24) is 20.0 Å². The summed E-state index contributed by atoms with van der Waals surface area (Å²) in [6.45, 7) is 8.33. The third-order valence-electron chi connectivity index (χ3n) is 10.5. The largest absolute Gasteiger partial charge is 0.462 e. The highest BCUT2D eigenvalue weighted by Gasteiger charge is 2.44. The molecule has 0 aromatic heterocycles. The second-order valence-corrected chi connectivity index (χ2v) is 15.0. The molecule has 0 bridgehead atoms. The molecule has 54 heavy (non-hydrogen) atoms. The van der Waals surface area contributed by atoms with Crippen LogP contribution < -0.4 is 10.2 Å². The van der Waals surface area contributed by atoms with Gasteiger partial charge in [0.15, 0.2) is 5.78 Å². The van der Waals surface area contributed by atoms with E-state index in [0.29, 0.717) is 12.8 Å². The number of carbonyl (C=O) groups is 7. The quantitative estimate of drug-likeness (QED) is 0.288. The van der Waals surface area contributed by atoms with Gasteiger partial charge in [-0.05, 0) is 63.8 Å². The minimum atomic E-state index is -1.02. The highest BCUT2D eigenvalue weighted by Crippen LogP contribution is 2.26. The first-order valence-corrected chi connectivity index (χ1v) is 18.7. The summed E-state index contributed by atoms with van der Waals surface area (Å²) in [6, 6.07) is 13.0. The Balaban J connectivity index is 1.46. The molecule has 0 saturated carbocycles. The second-order valence-electron chi connectivity index (χ2n) is 15.0. The number of likely N-dealkylation sites (tertiary alicyclic amines) is 2. The van der Waals surface area contributed by atoms with Crippen LogP contribution in [0.3, 0.4) is 0 Å². The van der Waals surface area contributed by atoms with Gasteiger partial charge in [0.2, 0.25) is 23.6 Å². The van der Waals surface area contributed by atoms with Gasteiger partial charge >= 0.3 is 5.97 Å². The number of Topliss-reactive ketones (excluding diaryl/α,β-unsaturated/α-hetero) is 2. The summed E-state index contributed by atoms with van der Waals surface area (Å²) >= 11 is 0. The molecule has 2 aromatic carbocycles. The Morgan fingerprint density at radius 3 is 2.15 bits per heavy atom. The van der Waals surface area contributed by atoms with Crippen LogP contribution in [-0.2, 0) is 44.7 Å². The van der Waals surface area contributed by atoms with Crippen LogP contribution in [0, 0.1) is 5.92 Å². The van der Waals surface area contributed by atoms with Crippen molar-refractivity contribution in [2.45, 2.75) is 103 Å². The van der Waals surface area contributed by atoms with Crippen molar-refractivity contribution in [3.63, 3.8) is 0 Å². The van der Waals surface area contributed by atoms with Crippen molar-refractivity contribution >= 4 is 46.9 Å². The van der Waals surface area contributed by atoms with E-state index in [9.17, 15) is 33.6 Å². The summed E-state index contributed by atoms with van der Waals surface area (Å²) < 4.78 is 5.52. The van der Waals surface area contributed by atoms with Crippen molar-refractivity contribution in [2.24, 2.45) is 5.92 Å². The number of likely N-dealkylation sites (N-methyl/N-ethyl adjacent to an activating group) is 1. The van der Waals surface area contributed by atoms with Crippen LogP contribution in [0.15, 0.2) is 54.6 Å². The van der Waals surface area contributed by atoms with Crippen LogP contribution in [0.5, 0.6) is 0 Å². The first-order valence-electron chi connectivity index (χ1n) is 18.7. The fourth-order valence-electron chi connectivity index (χ4n) is 7.14. The molecular formula is C41H55N5O8. The number of hydrogen-bond donors (Lipinski definition) is 1. The maximum absolute atomic E-state index is 14.4. The first-order chi connectivity index (χ1) is 25.5. The summed E-state index contributed by atoms with van der Waals surface area (Å²) in [5.74, 6) is -3.63. The summed E-state index contributed by atoms with van der Waals surface area (Å²) in [7, 11) is 5.37. The van der Waals surface area contributed by atoms with Crippen LogP contribution in [0.4, 0.5) is 5.69 Å². The molecule has 2 unspecified atom stereocenters. The standard InChI is InChI=1S/C41H55N5O8/c1-25-24-46(34(29(5)47)23-36(25)48)40(52)35(22-30-16-18-32(19-17-30)43(6)7)44(8)39(51)33-15-12-20-45(33)38(50)28(4)42-37(49)21-26(2)54-41(53)27(3)31-13-10-9-11-14-31/h9-11,13-14,16-19,25-28,33-35H,12,15,20-24H2,1-8H3,(H,42,49)/t25?,26-,27+,28-,33+,34?,35+/m1/s1. The van der Waals surface area contributed by atoms with Gasteiger partial charge in [0, 0.05) is 58.7 Å². The Bertz CT molecular complexity index is 1700. The van der Waals surface area contributed by atoms with Crippen LogP contribution in [0.1, 0.15) is 77.3 Å². The van der Waals surface area contributed by atoms with E-state index in [2.05, 4.69) is 5.32 Å². The Labute approximate surface area is 318 Å². The number of piperidine rings is 1. The molecule has 4 rings (SSSR count). The summed E-state index contributed by atoms with van der Waals surface area (Å²) in [4.78, 5) is 99.6. The number of rotatable bonds is 14. The van der Waals surface area contributed by atoms with Crippen molar-refractivity contribution in [1.29, 1.82) is 0 Å². The number of benzene rings is 2. The number of anilines is 1. The third-order valence-corrected chi connectivity index (χ3v) is 10.5. The molecule has 2 aliphatic rings. The maximum atomic E-state index is 14.4. The van der Waals surface area contributed by atoms with Gasteiger partial charge in [-0.15, -0.1) is 0 Å². The van der Waals surface area contributed by atoms with Gasteiger partial charge in [-0.25, -0.2) is 0 Å². The van der Waals surface area contributed by atoms with Crippen LogP contribution in [-0.4, -0.2) is 120 Å². The Morgan fingerprint density at radius 2 is 1.54 bits per heavy atom. The fraction of sp³-hybridized carbons (Fsp3) is 0.537. The fourth-order valence-corrected chi connectivity index (χ4v) is 7.14.